The van der Waals surface area contributed by atoms with Crippen molar-refractivity contribution in [1.29, 1.82) is 0 Å². The van der Waals surface area contributed by atoms with Crippen LogP contribution in [0, 0.1) is 5.92 Å². The van der Waals surface area contributed by atoms with E-state index in [4.69, 9.17) is 22.5 Å². The normalized spacial score (nSPS) is 20.9. The summed E-state index contributed by atoms with van der Waals surface area (Å²) in [6.45, 7) is 3.17. The van der Waals surface area contributed by atoms with Gasteiger partial charge in [-0.3, -0.25) is 19.6 Å². The molecule has 1 heterocycles. The lowest BCUT2D eigenvalue weighted by atomic mass is 9.99. The molecule has 1 aliphatic heterocycles. The number of carbonyl (C=O) groups excluding carboxylic acids is 3. The lowest BCUT2D eigenvalue weighted by Gasteiger charge is -2.22. The summed E-state index contributed by atoms with van der Waals surface area (Å²) >= 11 is 5.81. The molecule has 11 nitrogen and oxygen atoms in total. The number of nitrogens with zero attached hydrogens (tertiary/aromatic N) is 1. The lowest BCUT2D eigenvalue weighted by Crippen LogP contribution is -2.49. The lowest BCUT2D eigenvalue weighted by molar-refractivity contribution is -0.132. The molecule has 1 fully saturated rings. The van der Waals surface area contributed by atoms with Crippen LogP contribution in [0.15, 0.2) is 29.2 Å². The van der Waals surface area contributed by atoms with Crippen molar-refractivity contribution in [2.75, 3.05) is 13.1 Å². The first kappa shape index (κ1) is 26.0. The molecule has 3 amide bonds. The molecule has 0 bridgehead atoms. The number of sulfonamides is 1. The average molecular weight is 490 g/mol. The second-order valence-corrected chi connectivity index (χ2v) is 9.98. The van der Waals surface area contributed by atoms with Crippen molar-refractivity contribution in [3.63, 3.8) is 0 Å². The molecule has 1 saturated heterocycles. The molecule has 0 aromatic heterocycles. The first-order valence-electron chi connectivity index (χ1n) is 10.0. The van der Waals surface area contributed by atoms with E-state index in [9.17, 15) is 22.8 Å². The fourth-order valence-electron chi connectivity index (χ4n) is 3.31. The molecule has 0 unspecified atom stereocenters. The Balaban J connectivity index is 2.07. The van der Waals surface area contributed by atoms with Crippen molar-refractivity contribution in [1.82, 2.24) is 20.4 Å². The van der Waals surface area contributed by atoms with E-state index in [1.54, 1.807) is 0 Å². The van der Waals surface area contributed by atoms with Gasteiger partial charge in [0.1, 0.15) is 6.04 Å². The maximum absolute atomic E-state index is 13.0. The number of rotatable bonds is 9. The minimum atomic E-state index is -4.11. The van der Waals surface area contributed by atoms with E-state index in [2.05, 4.69) is 10.6 Å². The largest absolute Gasteiger partial charge is 0.350 e. The number of hydrogen-bond acceptors (Lipinski definition) is 7. The average Bonchev–Trinajstić information content (AvgIpc) is 3.20. The number of halogens is 1. The number of hydroxylamine groups is 1. The van der Waals surface area contributed by atoms with E-state index in [0.717, 1.165) is 4.31 Å². The SMILES string of the molecule is CC[C@H](C)[C@H](N)C(=O)NCC(=O)N[C@H]1C[C@@H](C(=O)NO)N(S(=O)(=O)c2ccc(Cl)cc2)C1. The van der Waals surface area contributed by atoms with Gasteiger partial charge >= 0.3 is 0 Å². The van der Waals surface area contributed by atoms with Gasteiger partial charge < -0.3 is 16.4 Å². The maximum atomic E-state index is 13.0. The Kier molecular flexibility index (Phi) is 8.98. The predicted molar refractivity (Wildman–Crippen MR) is 116 cm³/mol. The molecular weight excluding hydrogens is 462 g/mol. The maximum Gasteiger partial charge on any atom is 0.261 e. The molecule has 1 aliphatic rings. The topological polar surface area (TPSA) is 171 Å². The van der Waals surface area contributed by atoms with Gasteiger partial charge in [-0.1, -0.05) is 31.9 Å². The molecular formula is C19H28ClN5O6S. The van der Waals surface area contributed by atoms with E-state index in [1.807, 2.05) is 13.8 Å². The Bertz CT molecular complexity index is 942. The monoisotopic (exact) mass is 489 g/mol. The van der Waals surface area contributed by atoms with Crippen molar-refractivity contribution in [2.24, 2.45) is 11.7 Å². The number of carbonyl (C=O) groups is 3. The zero-order chi connectivity index (χ0) is 24.1. The van der Waals surface area contributed by atoms with Crippen molar-refractivity contribution in [3.8, 4) is 0 Å². The first-order valence-corrected chi connectivity index (χ1v) is 11.9. The summed E-state index contributed by atoms with van der Waals surface area (Å²) in [6, 6.07) is 2.69. The Labute approximate surface area is 191 Å². The Morgan fingerprint density at radius 2 is 1.91 bits per heavy atom. The van der Waals surface area contributed by atoms with Gasteiger partial charge in [0.15, 0.2) is 0 Å². The van der Waals surface area contributed by atoms with Gasteiger partial charge in [-0.15, -0.1) is 0 Å². The highest BCUT2D eigenvalue weighted by Crippen LogP contribution is 2.27. The highest BCUT2D eigenvalue weighted by molar-refractivity contribution is 7.89. The second kappa shape index (κ2) is 11.1. The van der Waals surface area contributed by atoms with Crippen LogP contribution in [0.1, 0.15) is 26.7 Å². The summed E-state index contributed by atoms with van der Waals surface area (Å²) in [6.07, 6.45) is 0.639. The third-order valence-electron chi connectivity index (χ3n) is 5.44. The number of nitrogens with two attached hydrogens (primary N) is 1. The van der Waals surface area contributed by atoms with E-state index >= 15 is 0 Å². The molecule has 4 atom stereocenters. The van der Waals surface area contributed by atoms with Crippen LogP contribution in [-0.2, 0) is 24.4 Å². The molecule has 32 heavy (non-hydrogen) atoms. The minimum absolute atomic E-state index is 0.0581. The third kappa shape index (κ3) is 6.17. The standard InChI is InChI=1S/C19H28ClN5O6S/c1-3-11(2)17(21)19(28)22-9-16(26)23-13-8-15(18(27)24-29)25(10-13)32(30,31)14-6-4-12(20)5-7-14/h4-7,11,13,15,17,29H,3,8-10,21H2,1-2H3,(H,22,28)(H,23,26)(H,24,27)/t11-,13-,15-,17-/m0/s1. The van der Waals surface area contributed by atoms with Crippen LogP contribution in [0.3, 0.4) is 0 Å². The molecule has 6 N–H and O–H groups in total. The van der Waals surface area contributed by atoms with Crippen molar-refractivity contribution < 1.29 is 28.0 Å². The summed E-state index contributed by atoms with van der Waals surface area (Å²) in [7, 11) is -4.11. The zero-order valence-electron chi connectivity index (χ0n) is 17.7. The zero-order valence-corrected chi connectivity index (χ0v) is 19.3. The third-order valence-corrected chi connectivity index (χ3v) is 7.58. The van der Waals surface area contributed by atoms with Crippen molar-refractivity contribution in [2.45, 2.75) is 49.7 Å². The Morgan fingerprint density at radius 3 is 2.47 bits per heavy atom. The molecule has 0 saturated carbocycles. The summed E-state index contributed by atoms with van der Waals surface area (Å²) < 4.78 is 27.0. The summed E-state index contributed by atoms with van der Waals surface area (Å²) in [5.41, 5.74) is 7.29. The van der Waals surface area contributed by atoms with Crippen LogP contribution in [0.5, 0.6) is 0 Å². The van der Waals surface area contributed by atoms with Gasteiger partial charge in [-0.05, 0) is 36.6 Å². The van der Waals surface area contributed by atoms with Gasteiger partial charge in [0, 0.05) is 17.6 Å². The fraction of sp³-hybridized carbons (Fsp3) is 0.526. The smallest absolute Gasteiger partial charge is 0.261 e. The molecule has 0 aliphatic carbocycles. The van der Waals surface area contributed by atoms with Crippen molar-refractivity contribution >= 4 is 39.3 Å². The van der Waals surface area contributed by atoms with Gasteiger partial charge in [-0.2, -0.15) is 4.31 Å². The summed E-state index contributed by atoms with van der Waals surface area (Å²) in [5, 5.41) is 14.4. The molecule has 1 aromatic rings. The molecule has 1 aromatic carbocycles. The molecule has 178 valence electrons. The number of benzene rings is 1. The van der Waals surface area contributed by atoms with Crippen LogP contribution in [0.4, 0.5) is 0 Å². The summed E-state index contributed by atoms with van der Waals surface area (Å²) in [5.74, 6) is -2.01. The van der Waals surface area contributed by atoms with Crippen LogP contribution in [-0.4, -0.2) is 66.9 Å². The van der Waals surface area contributed by atoms with Gasteiger partial charge in [0.05, 0.1) is 17.5 Å². The van der Waals surface area contributed by atoms with E-state index in [1.165, 1.54) is 29.7 Å². The van der Waals surface area contributed by atoms with Crippen LogP contribution in [0.2, 0.25) is 5.02 Å². The van der Waals surface area contributed by atoms with Crippen molar-refractivity contribution in [3.05, 3.63) is 29.3 Å². The van der Waals surface area contributed by atoms with Gasteiger partial charge in [0.25, 0.3) is 5.91 Å². The fourth-order valence-corrected chi connectivity index (χ4v) is 5.08. The first-order chi connectivity index (χ1) is 15.0. The molecule has 0 radical (unpaired) electrons. The highest BCUT2D eigenvalue weighted by Gasteiger charge is 2.44. The summed E-state index contributed by atoms with van der Waals surface area (Å²) in [4.78, 5) is 36.3. The molecule has 2 rings (SSSR count). The Hall–Kier alpha value is -2.25. The number of amides is 3. The van der Waals surface area contributed by atoms with Gasteiger partial charge in [-0.25, -0.2) is 13.9 Å². The minimum Gasteiger partial charge on any atom is -0.350 e. The predicted octanol–water partition coefficient (Wildman–Crippen LogP) is -0.417. The van der Waals surface area contributed by atoms with E-state index < -0.39 is 45.9 Å². The van der Waals surface area contributed by atoms with Crippen LogP contribution in [0.25, 0.3) is 0 Å². The van der Waals surface area contributed by atoms with E-state index in [-0.39, 0.29) is 30.3 Å². The Morgan fingerprint density at radius 1 is 1.28 bits per heavy atom. The quantitative estimate of drug-likeness (QED) is 0.231. The van der Waals surface area contributed by atoms with Crippen LogP contribution < -0.4 is 21.8 Å². The second-order valence-electron chi connectivity index (χ2n) is 7.65. The number of hydrogen-bond donors (Lipinski definition) is 5. The number of nitrogens with one attached hydrogen (secondary N) is 3. The molecule has 0 spiro atoms. The highest BCUT2D eigenvalue weighted by atomic mass is 35.5. The van der Waals surface area contributed by atoms with Crippen LogP contribution >= 0.6 is 11.6 Å². The molecule has 13 heteroatoms. The van der Waals surface area contributed by atoms with E-state index in [0.29, 0.717) is 11.4 Å². The van der Waals surface area contributed by atoms with Gasteiger partial charge in [0.2, 0.25) is 21.8 Å².